The maximum absolute atomic E-state index is 14.9. The summed E-state index contributed by atoms with van der Waals surface area (Å²) in [5.74, 6) is -0.937. The molecule has 5 heterocycles. The van der Waals surface area contributed by atoms with Gasteiger partial charge < -0.3 is 9.80 Å². The van der Waals surface area contributed by atoms with E-state index in [0.29, 0.717) is 37.4 Å². The van der Waals surface area contributed by atoms with Crippen LogP contribution in [0.2, 0.25) is 5.02 Å². The van der Waals surface area contributed by atoms with Gasteiger partial charge in [0.2, 0.25) is 0 Å². The van der Waals surface area contributed by atoms with Crippen LogP contribution >= 0.6 is 27.5 Å². The maximum atomic E-state index is 14.9. The second-order valence-electron chi connectivity index (χ2n) is 12.4. The molecule has 1 fully saturated rings. The summed E-state index contributed by atoms with van der Waals surface area (Å²) in [6.07, 6.45) is 4.07. The van der Waals surface area contributed by atoms with Crippen LogP contribution in [0.4, 0.5) is 10.1 Å². The fourth-order valence-electron chi connectivity index (χ4n) is 6.04. The van der Waals surface area contributed by atoms with Gasteiger partial charge in [0.05, 0.1) is 36.9 Å². The molecule has 0 spiro atoms. The molecule has 0 radical (unpaired) electrons. The first-order valence-corrected chi connectivity index (χ1v) is 15.9. The number of halogens is 3. The second kappa shape index (κ2) is 11.4. The number of aromatic nitrogens is 8. The number of nitrogens with zero attached hydrogens (tertiary/aromatic N) is 10. The molecule has 12 nitrogen and oxygen atoms in total. The highest BCUT2D eigenvalue weighted by Gasteiger charge is 2.37. The molecule has 46 heavy (non-hydrogen) atoms. The number of amides is 2. The molecule has 1 unspecified atom stereocenters. The van der Waals surface area contributed by atoms with Gasteiger partial charge in [-0.25, -0.2) is 13.8 Å². The minimum atomic E-state index is -0.591. The lowest BCUT2D eigenvalue weighted by atomic mass is 9.89. The third-order valence-electron chi connectivity index (χ3n) is 8.30. The Morgan fingerprint density at radius 2 is 1.83 bits per heavy atom. The first kappa shape index (κ1) is 30.2. The number of hydrogen-bond acceptors (Lipinski definition) is 7. The third-order valence-corrected chi connectivity index (χ3v) is 9.06. The lowest BCUT2D eigenvalue weighted by Crippen LogP contribution is -2.39. The molecule has 0 bridgehead atoms. The Kier molecular flexibility index (Phi) is 7.51. The number of fused-ring (bicyclic) bond motifs is 1. The molecule has 15 heteroatoms. The van der Waals surface area contributed by atoms with Crippen molar-refractivity contribution in [3.63, 3.8) is 0 Å². The van der Waals surface area contributed by atoms with E-state index in [0.717, 1.165) is 21.4 Å². The van der Waals surface area contributed by atoms with Gasteiger partial charge >= 0.3 is 0 Å². The van der Waals surface area contributed by atoms with E-state index in [9.17, 15) is 14.0 Å². The van der Waals surface area contributed by atoms with E-state index in [2.05, 4.69) is 41.7 Å². The van der Waals surface area contributed by atoms with Crippen LogP contribution < -0.4 is 4.90 Å². The van der Waals surface area contributed by atoms with Crippen LogP contribution in [0.5, 0.6) is 0 Å². The van der Waals surface area contributed by atoms with Crippen LogP contribution in [0.1, 0.15) is 55.1 Å². The normalized spacial score (nSPS) is 16.7. The van der Waals surface area contributed by atoms with Crippen LogP contribution in [0.25, 0.3) is 16.9 Å². The highest BCUT2D eigenvalue weighted by Crippen LogP contribution is 2.33. The van der Waals surface area contributed by atoms with Crippen molar-refractivity contribution < 1.29 is 14.0 Å². The van der Waals surface area contributed by atoms with E-state index in [-0.39, 0.29) is 34.8 Å². The fraction of sp³-hybridized carbons (Fsp3) is 0.323. The predicted octanol–water partition coefficient (Wildman–Crippen LogP) is 5.21. The van der Waals surface area contributed by atoms with E-state index in [1.165, 1.54) is 16.8 Å². The lowest BCUT2D eigenvalue weighted by Gasteiger charge is -2.29. The van der Waals surface area contributed by atoms with Crippen molar-refractivity contribution in [2.75, 3.05) is 18.0 Å². The highest BCUT2D eigenvalue weighted by molar-refractivity contribution is 9.10. The lowest BCUT2D eigenvalue weighted by molar-refractivity contribution is -0.120. The van der Waals surface area contributed by atoms with Crippen LogP contribution in [-0.2, 0) is 23.3 Å². The number of benzene rings is 2. The SMILES string of the molecule is CC(C)(C)c1c(C(=O)N2CCn3ncc(-c4cn(C5CCN(c6ccc(Br)cc6)C5=O)nn4)c3C2)nnn1-c1ccc(Cl)cc1F. The summed E-state index contributed by atoms with van der Waals surface area (Å²) in [5, 5.41) is 21.9. The maximum Gasteiger partial charge on any atom is 0.276 e. The molecule has 3 aromatic heterocycles. The zero-order valence-electron chi connectivity index (χ0n) is 25.2. The Bertz CT molecular complexity index is 1980. The van der Waals surface area contributed by atoms with Crippen molar-refractivity contribution in [1.82, 2.24) is 44.7 Å². The summed E-state index contributed by atoms with van der Waals surface area (Å²) in [6.45, 7) is 7.45. The average molecular weight is 708 g/mol. The largest absolute Gasteiger partial charge is 0.329 e. The van der Waals surface area contributed by atoms with Crippen LogP contribution in [-0.4, -0.2) is 69.6 Å². The third kappa shape index (κ3) is 5.28. The van der Waals surface area contributed by atoms with Crippen molar-refractivity contribution >= 4 is 45.0 Å². The molecule has 1 atom stereocenters. The zero-order chi connectivity index (χ0) is 32.3. The molecule has 2 aromatic carbocycles. The summed E-state index contributed by atoms with van der Waals surface area (Å²) in [6, 6.07) is 11.5. The summed E-state index contributed by atoms with van der Waals surface area (Å²) < 4.78 is 20.7. The quantitative estimate of drug-likeness (QED) is 0.246. The molecular formula is C31H29BrClFN10O2. The van der Waals surface area contributed by atoms with Crippen molar-refractivity contribution in [2.24, 2.45) is 0 Å². The average Bonchev–Trinajstić information content (AvgIpc) is 3.82. The molecule has 5 aromatic rings. The number of carbonyl (C=O) groups excluding carboxylic acids is 2. The van der Waals surface area contributed by atoms with Crippen molar-refractivity contribution in [3.8, 4) is 16.9 Å². The van der Waals surface area contributed by atoms with Gasteiger partial charge in [0.25, 0.3) is 11.8 Å². The zero-order valence-corrected chi connectivity index (χ0v) is 27.6. The fourth-order valence-corrected chi connectivity index (χ4v) is 6.47. The molecule has 0 N–H and O–H groups in total. The molecule has 0 saturated carbocycles. The Balaban J connectivity index is 1.14. The van der Waals surface area contributed by atoms with Gasteiger partial charge in [-0.2, -0.15) is 5.10 Å². The van der Waals surface area contributed by atoms with Gasteiger partial charge in [-0.3, -0.25) is 14.3 Å². The summed E-state index contributed by atoms with van der Waals surface area (Å²) in [4.78, 5) is 30.8. The van der Waals surface area contributed by atoms with Crippen molar-refractivity contribution in [2.45, 2.75) is 51.7 Å². The van der Waals surface area contributed by atoms with E-state index in [1.54, 1.807) is 32.9 Å². The van der Waals surface area contributed by atoms with E-state index < -0.39 is 17.3 Å². The minimum Gasteiger partial charge on any atom is -0.329 e. The van der Waals surface area contributed by atoms with Crippen LogP contribution in [0.3, 0.4) is 0 Å². The first-order valence-electron chi connectivity index (χ1n) is 14.7. The Hall–Kier alpha value is -4.43. The first-order chi connectivity index (χ1) is 22.0. The van der Waals surface area contributed by atoms with Gasteiger partial charge in [-0.1, -0.05) is 58.7 Å². The van der Waals surface area contributed by atoms with E-state index in [1.807, 2.05) is 49.7 Å². The smallest absolute Gasteiger partial charge is 0.276 e. The molecule has 2 amide bonds. The summed E-state index contributed by atoms with van der Waals surface area (Å²) >= 11 is 9.41. The van der Waals surface area contributed by atoms with Crippen LogP contribution in [0.15, 0.2) is 59.3 Å². The molecule has 1 saturated heterocycles. The molecular weight excluding hydrogens is 679 g/mol. The van der Waals surface area contributed by atoms with Crippen molar-refractivity contribution in [1.29, 1.82) is 0 Å². The standard InChI is InChI=1S/C31H29BrClFN10O2/c1-31(2,3)28-27(37-39-44(28)24-9-6-19(33)14-22(24)34)30(46)40-12-13-42-26(17-40)21(15-35-42)23-16-43(38-36-23)25-10-11-41(29(25)45)20-7-4-18(32)5-8-20/h4-9,14-16,25H,10-13,17H2,1-3H3. The predicted molar refractivity (Wildman–Crippen MR) is 171 cm³/mol. The Morgan fingerprint density at radius 1 is 1.04 bits per heavy atom. The number of hydrogen-bond donors (Lipinski definition) is 0. The van der Waals surface area contributed by atoms with E-state index >= 15 is 0 Å². The molecule has 236 valence electrons. The molecule has 2 aliphatic rings. The van der Waals surface area contributed by atoms with E-state index in [4.69, 9.17) is 11.6 Å². The molecule has 0 aliphatic carbocycles. The number of rotatable bonds is 5. The van der Waals surface area contributed by atoms with Gasteiger partial charge in [-0.05, 0) is 48.9 Å². The number of anilines is 1. The second-order valence-corrected chi connectivity index (χ2v) is 13.7. The molecule has 2 aliphatic heterocycles. The minimum absolute atomic E-state index is 0.0474. The van der Waals surface area contributed by atoms with Gasteiger partial charge in [0, 0.05) is 39.3 Å². The molecule has 7 rings (SSSR count). The van der Waals surface area contributed by atoms with Gasteiger partial charge in [0.15, 0.2) is 5.69 Å². The van der Waals surface area contributed by atoms with Crippen LogP contribution in [0, 0.1) is 5.82 Å². The Morgan fingerprint density at radius 3 is 2.57 bits per heavy atom. The van der Waals surface area contributed by atoms with Crippen molar-refractivity contribution in [3.05, 3.63) is 87.3 Å². The summed E-state index contributed by atoms with van der Waals surface area (Å²) in [5.41, 5.74) is 3.10. The van der Waals surface area contributed by atoms with Gasteiger partial charge in [-0.15, -0.1) is 10.2 Å². The van der Waals surface area contributed by atoms with Gasteiger partial charge in [0.1, 0.15) is 23.2 Å². The highest BCUT2D eigenvalue weighted by atomic mass is 79.9. The summed E-state index contributed by atoms with van der Waals surface area (Å²) in [7, 11) is 0. The Labute approximate surface area is 276 Å². The monoisotopic (exact) mass is 706 g/mol. The topological polar surface area (TPSA) is 120 Å². The number of carbonyl (C=O) groups is 2.